The Morgan fingerprint density at radius 2 is 1.51 bits per heavy atom. The third-order valence-corrected chi connectivity index (χ3v) is 6.37. The highest BCUT2D eigenvalue weighted by atomic mass is 35.5. The molecular formula is C28H34ClN3O2S. The molecule has 0 aromatic heterocycles. The van der Waals surface area contributed by atoms with Crippen molar-refractivity contribution in [3.8, 4) is 5.75 Å². The van der Waals surface area contributed by atoms with Crippen LogP contribution in [0.3, 0.4) is 0 Å². The van der Waals surface area contributed by atoms with Crippen LogP contribution in [0.1, 0.15) is 34.7 Å². The third-order valence-electron chi connectivity index (χ3n) is 5.46. The maximum atomic E-state index is 12.8. The predicted octanol–water partition coefficient (Wildman–Crippen LogP) is 6.94. The lowest BCUT2D eigenvalue weighted by Gasteiger charge is -2.14. The zero-order valence-electron chi connectivity index (χ0n) is 21.0. The highest BCUT2D eigenvalue weighted by Gasteiger charge is 2.11. The lowest BCUT2D eigenvalue weighted by molar-refractivity contribution is -0.113. The molecule has 3 rings (SSSR count). The van der Waals surface area contributed by atoms with Crippen molar-refractivity contribution < 1.29 is 9.53 Å². The molecule has 0 heterocycles. The second-order valence-electron chi connectivity index (χ2n) is 8.26. The van der Waals surface area contributed by atoms with Gasteiger partial charge in [-0.15, -0.1) is 12.4 Å². The van der Waals surface area contributed by atoms with Gasteiger partial charge < -0.3 is 15.4 Å². The van der Waals surface area contributed by atoms with Crippen molar-refractivity contribution in [3.05, 3.63) is 88.5 Å². The Labute approximate surface area is 219 Å². The average molecular weight is 512 g/mol. The number of hydrogen-bond donors (Lipinski definition) is 2. The summed E-state index contributed by atoms with van der Waals surface area (Å²) < 4.78 is 5.23. The number of halogens is 1. The van der Waals surface area contributed by atoms with E-state index in [0.717, 1.165) is 40.2 Å². The van der Waals surface area contributed by atoms with E-state index < -0.39 is 0 Å². The summed E-state index contributed by atoms with van der Waals surface area (Å²) in [6, 6.07) is 20.3. The van der Waals surface area contributed by atoms with Crippen LogP contribution in [0.25, 0.3) is 0 Å². The van der Waals surface area contributed by atoms with E-state index in [1.807, 2.05) is 50.2 Å². The number of carbonyl (C=O) groups is 1. The van der Waals surface area contributed by atoms with Gasteiger partial charge in [0.25, 0.3) is 0 Å². The molecule has 3 aromatic rings. The van der Waals surface area contributed by atoms with Gasteiger partial charge in [0.1, 0.15) is 5.75 Å². The zero-order chi connectivity index (χ0) is 24.5. The molecule has 5 nitrogen and oxygen atoms in total. The number of aliphatic imine (C=N–C) groups is 1. The summed E-state index contributed by atoms with van der Waals surface area (Å²) in [6.07, 6.45) is 0.992. The van der Waals surface area contributed by atoms with Gasteiger partial charge in [-0.05, 0) is 73.7 Å². The fourth-order valence-corrected chi connectivity index (χ4v) is 4.33. The standard InChI is InChI=1S/C28H33N3O2S.ClH/c1-6-22-7-11-24(12-8-22)30-28(29-17-23-9-13-25(33-5)14-10-23)34-18-26(32)31-27-20(3)15-19(2)16-21(27)4;/h7-16H,6,17-18H2,1-5H3,(H,29,30)(H,31,32);1H. The maximum Gasteiger partial charge on any atom is 0.234 e. The summed E-state index contributed by atoms with van der Waals surface area (Å²) in [5.41, 5.74) is 7.50. The Kier molecular flexibility index (Phi) is 11.2. The maximum absolute atomic E-state index is 12.8. The van der Waals surface area contributed by atoms with Crippen molar-refractivity contribution in [2.24, 2.45) is 4.99 Å². The molecule has 1 amide bonds. The van der Waals surface area contributed by atoms with Gasteiger partial charge in [-0.25, -0.2) is 0 Å². The first-order valence-electron chi connectivity index (χ1n) is 11.4. The van der Waals surface area contributed by atoms with E-state index in [2.05, 4.69) is 48.7 Å². The Hall–Kier alpha value is -2.96. The summed E-state index contributed by atoms with van der Waals surface area (Å²) in [4.78, 5) is 17.5. The number of carbonyl (C=O) groups excluding carboxylic acids is 1. The van der Waals surface area contributed by atoms with E-state index in [0.29, 0.717) is 11.7 Å². The molecule has 0 fully saturated rings. The molecule has 0 atom stereocenters. The number of hydrogen-bond acceptors (Lipinski definition) is 4. The van der Waals surface area contributed by atoms with E-state index in [1.165, 1.54) is 22.9 Å². The minimum Gasteiger partial charge on any atom is -0.497 e. The van der Waals surface area contributed by atoms with Crippen LogP contribution in [0.4, 0.5) is 11.4 Å². The summed E-state index contributed by atoms with van der Waals surface area (Å²) in [5.74, 6) is 1.02. The van der Waals surface area contributed by atoms with Gasteiger partial charge in [0.15, 0.2) is 5.17 Å². The minimum absolute atomic E-state index is 0. The van der Waals surface area contributed by atoms with Crippen LogP contribution in [-0.2, 0) is 17.8 Å². The van der Waals surface area contributed by atoms with E-state index in [1.54, 1.807) is 7.11 Å². The lowest BCUT2D eigenvalue weighted by Crippen LogP contribution is -2.19. The number of ether oxygens (including phenoxy) is 1. The van der Waals surface area contributed by atoms with Gasteiger partial charge in [0.2, 0.25) is 5.91 Å². The molecule has 0 aliphatic rings. The summed E-state index contributed by atoms with van der Waals surface area (Å²) >= 11 is 1.40. The quantitative estimate of drug-likeness (QED) is 0.254. The minimum atomic E-state index is -0.0552. The molecule has 0 spiro atoms. The van der Waals surface area contributed by atoms with Crippen LogP contribution in [0.15, 0.2) is 65.7 Å². The fourth-order valence-electron chi connectivity index (χ4n) is 3.65. The fraction of sp³-hybridized carbons (Fsp3) is 0.286. The highest BCUT2D eigenvalue weighted by molar-refractivity contribution is 8.14. The molecule has 35 heavy (non-hydrogen) atoms. The number of benzene rings is 3. The van der Waals surface area contributed by atoms with Crippen molar-refractivity contribution >= 4 is 46.6 Å². The van der Waals surface area contributed by atoms with Crippen LogP contribution in [0.5, 0.6) is 5.75 Å². The van der Waals surface area contributed by atoms with E-state index in [-0.39, 0.29) is 24.1 Å². The monoisotopic (exact) mass is 511 g/mol. The summed E-state index contributed by atoms with van der Waals surface area (Å²) in [5, 5.41) is 7.15. The smallest absolute Gasteiger partial charge is 0.234 e. The van der Waals surface area contributed by atoms with Crippen LogP contribution in [-0.4, -0.2) is 23.9 Å². The molecular weight excluding hydrogens is 478 g/mol. The molecule has 2 N–H and O–H groups in total. The number of methoxy groups -OCH3 is 1. The van der Waals surface area contributed by atoms with Crippen LogP contribution in [0, 0.1) is 20.8 Å². The Morgan fingerprint density at radius 1 is 0.914 bits per heavy atom. The molecule has 7 heteroatoms. The third kappa shape index (κ3) is 8.64. The molecule has 3 aromatic carbocycles. The number of rotatable bonds is 8. The molecule has 186 valence electrons. The van der Waals surface area contributed by atoms with Gasteiger partial charge in [-0.2, -0.15) is 0 Å². The van der Waals surface area contributed by atoms with Gasteiger partial charge >= 0.3 is 0 Å². The molecule has 0 saturated carbocycles. The number of anilines is 2. The van der Waals surface area contributed by atoms with Gasteiger partial charge in [0.05, 0.1) is 19.4 Å². The Balaban J connectivity index is 0.00000432. The Morgan fingerprint density at radius 3 is 2.09 bits per heavy atom. The first-order chi connectivity index (χ1) is 16.4. The first kappa shape index (κ1) is 28.3. The van der Waals surface area contributed by atoms with Crippen molar-refractivity contribution in [2.45, 2.75) is 40.7 Å². The number of nitrogens with one attached hydrogen (secondary N) is 2. The summed E-state index contributed by atoms with van der Waals surface area (Å²) in [6.45, 7) is 8.74. The van der Waals surface area contributed by atoms with E-state index in [9.17, 15) is 4.79 Å². The molecule has 0 saturated heterocycles. The van der Waals surface area contributed by atoms with Crippen LogP contribution >= 0.6 is 24.2 Å². The van der Waals surface area contributed by atoms with E-state index in [4.69, 9.17) is 9.73 Å². The zero-order valence-corrected chi connectivity index (χ0v) is 22.6. The average Bonchev–Trinajstić information content (AvgIpc) is 2.83. The molecule has 0 aliphatic heterocycles. The molecule has 0 bridgehead atoms. The molecule has 0 radical (unpaired) electrons. The highest BCUT2D eigenvalue weighted by Crippen LogP contribution is 2.23. The number of aryl methyl sites for hydroxylation is 4. The second-order valence-corrected chi connectivity index (χ2v) is 9.22. The van der Waals surface area contributed by atoms with Gasteiger partial charge in [-0.3, -0.25) is 9.79 Å². The van der Waals surface area contributed by atoms with Crippen molar-refractivity contribution in [2.75, 3.05) is 23.5 Å². The van der Waals surface area contributed by atoms with Crippen molar-refractivity contribution in [1.29, 1.82) is 0 Å². The largest absolute Gasteiger partial charge is 0.497 e. The second kappa shape index (κ2) is 13.8. The topological polar surface area (TPSA) is 62.7 Å². The lowest BCUT2D eigenvalue weighted by atomic mass is 10.1. The van der Waals surface area contributed by atoms with Gasteiger partial charge in [0, 0.05) is 11.4 Å². The van der Waals surface area contributed by atoms with Crippen molar-refractivity contribution in [3.63, 3.8) is 0 Å². The normalized spacial score (nSPS) is 10.9. The van der Waals surface area contributed by atoms with Gasteiger partial charge in [-0.1, -0.05) is 60.6 Å². The number of thioether (sulfide) groups is 1. The van der Waals surface area contributed by atoms with Crippen LogP contribution < -0.4 is 15.4 Å². The van der Waals surface area contributed by atoms with Crippen LogP contribution in [0.2, 0.25) is 0 Å². The number of amides is 1. The van der Waals surface area contributed by atoms with Crippen molar-refractivity contribution in [1.82, 2.24) is 0 Å². The molecule has 0 unspecified atom stereocenters. The molecule has 0 aliphatic carbocycles. The summed E-state index contributed by atoms with van der Waals surface area (Å²) in [7, 11) is 1.65. The number of nitrogens with zero attached hydrogens (tertiary/aromatic N) is 1. The predicted molar refractivity (Wildman–Crippen MR) is 153 cm³/mol. The Bertz CT molecular complexity index is 1120. The first-order valence-corrected chi connectivity index (χ1v) is 12.4. The van der Waals surface area contributed by atoms with E-state index >= 15 is 0 Å². The number of amidine groups is 1. The SMILES string of the molecule is CCc1ccc(NC(=NCc2ccc(OC)cc2)SCC(=O)Nc2c(C)cc(C)cc2C)cc1.Cl.